The van der Waals surface area contributed by atoms with Crippen LogP contribution < -0.4 is 10.1 Å². The lowest BCUT2D eigenvalue weighted by Crippen LogP contribution is -2.47. The van der Waals surface area contributed by atoms with Crippen molar-refractivity contribution >= 4 is 22.0 Å². The highest BCUT2D eigenvalue weighted by atomic mass is 79.9. The molecule has 1 amide bonds. The van der Waals surface area contributed by atoms with Crippen LogP contribution in [-0.4, -0.2) is 54.5 Å². The zero-order valence-corrected chi connectivity index (χ0v) is 20.6. The van der Waals surface area contributed by atoms with Gasteiger partial charge in [0, 0.05) is 32.1 Å². The van der Waals surface area contributed by atoms with Crippen molar-refractivity contribution in [3.8, 4) is 5.75 Å². The predicted molar refractivity (Wildman–Crippen MR) is 131 cm³/mol. The standard InChI is InChI=1S/C26H33BrN2O4/c27-23-17-21(9-10-24(23)32-18-20-7-3-1-4-8-20)22(26(31)11-5-2-6-12-26)19-33-25(30)29-15-13-28-14-16-29/h1,3-4,7-10,17,22,28,31H,2,5-6,11-16,18-19H2. The van der Waals surface area contributed by atoms with E-state index < -0.39 is 5.60 Å². The second-order valence-electron chi connectivity index (χ2n) is 8.99. The topological polar surface area (TPSA) is 71.0 Å². The van der Waals surface area contributed by atoms with Crippen LogP contribution in [0.3, 0.4) is 0 Å². The molecular formula is C26H33BrN2O4. The molecule has 0 bridgehead atoms. The van der Waals surface area contributed by atoms with Crippen molar-refractivity contribution in [2.24, 2.45) is 0 Å². The Morgan fingerprint density at radius 2 is 1.82 bits per heavy atom. The molecule has 4 rings (SSSR count). The average Bonchev–Trinajstić information content (AvgIpc) is 2.85. The first-order chi connectivity index (χ1) is 16.0. The van der Waals surface area contributed by atoms with Gasteiger partial charge < -0.3 is 24.8 Å². The van der Waals surface area contributed by atoms with E-state index in [1.54, 1.807) is 4.90 Å². The fraction of sp³-hybridized carbons (Fsp3) is 0.500. The molecule has 1 heterocycles. The second kappa shape index (κ2) is 11.4. The number of piperazine rings is 1. The fourth-order valence-corrected chi connectivity index (χ4v) is 5.26. The van der Waals surface area contributed by atoms with Gasteiger partial charge >= 0.3 is 6.09 Å². The molecule has 2 N–H and O–H groups in total. The fourth-order valence-electron chi connectivity index (χ4n) is 4.75. The Kier molecular flexibility index (Phi) is 8.28. The monoisotopic (exact) mass is 516 g/mol. The maximum atomic E-state index is 12.6. The molecule has 1 aliphatic carbocycles. The van der Waals surface area contributed by atoms with E-state index in [2.05, 4.69) is 21.2 Å². The van der Waals surface area contributed by atoms with E-state index in [0.717, 1.165) is 53.7 Å². The Hall–Kier alpha value is -2.09. The summed E-state index contributed by atoms with van der Waals surface area (Å²) in [5, 5.41) is 14.8. The third kappa shape index (κ3) is 6.28. The number of amides is 1. The largest absolute Gasteiger partial charge is 0.488 e. The molecule has 0 spiro atoms. The highest BCUT2D eigenvalue weighted by Gasteiger charge is 2.40. The van der Waals surface area contributed by atoms with Gasteiger partial charge in [0.25, 0.3) is 0 Å². The van der Waals surface area contributed by atoms with Crippen LogP contribution in [0.5, 0.6) is 5.75 Å². The van der Waals surface area contributed by atoms with E-state index in [1.165, 1.54) is 0 Å². The lowest BCUT2D eigenvalue weighted by atomic mass is 9.73. The first kappa shape index (κ1) is 24.0. The molecule has 0 radical (unpaired) electrons. The molecule has 1 saturated heterocycles. The van der Waals surface area contributed by atoms with Crippen LogP contribution in [0, 0.1) is 0 Å². The lowest BCUT2D eigenvalue weighted by Gasteiger charge is -2.39. The van der Waals surface area contributed by atoms with Gasteiger partial charge in [-0.1, -0.05) is 55.7 Å². The molecule has 7 heteroatoms. The number of halogens is 1. The van der Waals surface area contributed by atoms with Crippen molar-refractivity contribution in [1.82, 2.24) is 10.2 Å². The summed E-state index contributed by atoms with van der Waals surface area (Å²) < 4.78 is 12.6. The Balaban J connectivity index is 1.48. The molecule has 2 aromatic carbocycles. The smallest absolute Gasteiger partial charge is 0.409 e. The quantitative estimate of drug-likeness (QED) is 0.550. The van der Waals surface area contributed by atoms with Crippen LogP contribution >= 0.6 is 15.9 Å². The van der Waals surface area contributed by atoms with Gasteiger partial charge in [0.15, 0.2) is 0 Å². The molecule has 0 aromatic heterocycles. The first-order valence-electron chi connectivity index (χ1n) is 11.9. The Labute approximate surface area is 204 Å². The molecule has 6 nitrogen and oxygen atoms in total. The summed E-state index contributed by atoms with van der Waals surface area (Å²) in [6, 6.07) is 15.9. The molecule has 1 unspecified atom stereocenters. The summed E-state index contributed by atoms with van der Waals surface area (Å²) in [5.41, 5.74) is 1.17. The van der Waals surface area contributed by atoms with Crippen LogP contribution in [0.2, 0.25) is 0 Å². The van der Waals surface area contributed by atoms with Gasteiger partial charge in [-0.3, -0.25) is 0 Å². The van der Waals surface area contributed by atoms with Crippen molar-refractivity contribution in [1.29, 1.82) is 0 Å². The maximum Gasteiger partial charge on any atom is 0.409 e. The number of aliphatic hydroxyl groups is 1. The van der Waals surface area contributed by atoms with Crippen LogP contribution in [0.25, 0.3) is 0 Å². The minimum absolute atomic E-state index is 0.163. The van der Waals surface area contributed by atoms with Gasteiger partial charge in [-0.2, -0.15) is 0 Å². The van der Waals surface area contributed by atoms with E-state index in [9.17, 15) is 9.90 Å². The number of hydrogen-bond acceptors (Lipinski definition) is 5. The number of carbonyl (C=O) groups is 1. The summed E-state index contributed by atoms with van der Waals surface area (Å²) in [5.74, 6) is 0.457. The average molecular weight is 517 g/mol. The molecule has 33 heavy (non-hydrogen) atoms. The SMILES string of the molecule is O=C(OCC(c1ccc(OCc2ccccc2)c(Br)c1)C1(O)CCCCC1)N1CCNCC1. The van der Waals surface area contributed by atoms with Crippen molar-refractivity contribution in [3.63, 3.8) is 0 Å². The molecule has 178 valence electrons. The molecule has 2 aromatic rings. The van der Waals surface area contributed by atoms with E-state index in [-0.39, 0.29) is 18.6 Å². The van der Waals surface area contributed by atoms with E-state index in [1.807, 2.05) is 48.5 Å². The predicted octanol–water partition coefficient (Wildman–Crippen LogP) is 4.85. The molecule has 1 saturated carbocycles. The lowest BCUT2D eigenvalue weighted by molar-refractivity contribution is -0.0410. The van der Waals surface area contributed by atoms with Gasteiger partial charge in [0.05, 0.1) is 10.1 Å². The third-order valence-electron chi connectivity index (χ3n) is 6.71. The summed E-state index contributed by atoms with van der Waals surface area (Å²) >= 11 is 3.64. The van der Waals surface area contributed by atoms with Crippen LogP contribution in [-0.2, 0) is 11.3 Å². The van der Waals surface area contributed by atoms with Gasteiger partial charge in [0.1, 0.15) is 19.0 Å². The number of nitrogens with one attached hydrogen (secondary N) is 1. The summed E-state index contributed by atoms with van der Waals surface area (Å²) in [6.45, 7) is 3.49. The Morgan fingerprint density at radius 1 is 1.09 bits per heavy atom. The summed E-state index contributed by atoms with van der Waals surface area (Å²) in [6.07, 6.45) is 4.23. The highest BCUT2D eigenvalue weighted by molar-refractivity contribution is 9.10. The van der Waals surface area contributed by atoms with Crippen molar-refractivity contribution in [2.75, 3.05) is 32.8 Å². The third-order valence-corrected chi connectivity index (χ3v) is 7.33. The van der Waals surface area contributed by atoms with Gasteiger partial charge in [-0.05, 0) is 52.0 Å². The molecule has 1 atom stereocenters. The van der Waals surface area contributed by atoms with Gasteiger partial charge in [-0.25, -0.2) is 4.79 Å². The van der Waals surface area contributed by atoms with Crippen molar-refractivity contribution < 1.29 is 19.4 Å². The van der Waals surface area contributed by atoms with E-state index in [0.29, 0.717) is 32.5 Å². The Bertz CT molecular complexity index is 912. The molecule has 1 aliphatic heterocycles. The first-order valence-corrected chi connectivity index (χ1v) is 12.7. The number of ether oxygens (including phenoxy) is 2. The molecular weight excluding hydrogens is 484 g/mol. The summed E-state index contributed by atoms with van der Waals surface area (Å²) in [4.78, 5) is 14.4. The van der Waals surface area contributed by atoms with Crippen LogP contribution in [0.1, 0.15) is 49.1 Å². The number of hydrogen-bond donors (Lipinski definition) is 2. The zero-order valence-electron chi connectivity index (χ0n) is 19.0. The van der Waals surface area contributed by atoms with E-state index in [4.69, 9.17) is 9.47 Å². The number of benzene rings is 2. The van der Waals surface area contributed by atoms with Crippen molar-refractivity contribution in [3.05, 3.63) is 64.1 Å². The highest BCUT2D eigenvalue weighted by Crippen LogP contribution is 2.42. The minimum Gasteiger partial charge on any atom is -0.488 e. The zero-order chi connectivity index (χ0) is 23.1. The van der Waals surface area contributed by atoms with Crippen LogP contribution in [0.4, 0.5) is 4.79 Å². The second-order valence-corrected chi connectivity index (χ2v) is 9.85. The van der Waals surface area contributed by atoms with Gasteiger partial charge in [0.2, 0.25) is 0 Å². The summed E-state index contributed by atoms with van der Waals surface area (Å²) in [7, 11) is 0. The van der Waals surface area contributed by atoms with E-state index >= 15 is 0 Å². The molecule has 2 aliphatic rings. The number of rotatable bonds is 7. The minimum atomic E-state index is -0.881. The van der Waals surface area contributed by atoms with Crippen molar-refractivity contribution in [2.45, 2.75) is 50.2 Å². The van der Waals surface area contributed by atoms with Crippen LogP contribution in [0.15, 0.2) is 53.0 Å². The molecule has 2 fully saturated rings. The normalized spacial score (nSPS) is 19.0. The Morgan fingerprint density at radius 3 is 2.52 bits per heavy atom. The maximum absolute atomic E-state index is 12.6. The number of carbonyl (C=O) groups excluding carboxylic acids is 1. The number of nitrogens with zero attached hydrogens (tertiary/aromatic N) is 1. The van der Waals surface area contributed by atoms with Gasteiger partial charge in [-0.15, -0.1) is 0 Å².